The Hall–Kier alpha value is -0.200. The average molecular weight is 263 g/mol. The molecule has 0 spiro atoms. The zero-order valence-corrected chi connectivity index (χ0v) is 12.9. The Bertz CT molecular complexity index is 425. The second kappa shape index (κ2) is 3.67. The number of isothiocyanates is 1. The zero-order valence-electron chi connectivity index (χ0n) is 12.1. The van der Waals surface area contributed by atoms with Crippen LogP contribution in [0, 0.1) is 28.6 Å². The quantitative estimate of drug-likeness (QED) is 0.518. The summed E-state index contributed by atoms with van der Waals surface area (Å²) < 4.78 is 0. The Morgan fingerprint density at radius 3 is 2.50 bits per heavy atom. The molecule has 0 amide bonds. The first-order valence-electron chi connectivity index (χ1n) is 7.44. The number of fused-ring (bicyclic) bond motifs is 1. The van der Waals surface area contributed by atoms with Crippen LogP contribution < -0.4 is 0 Å². The molecule has 18 heavy (non-hydrogen) atoms. The third-order valence-electron chi connectivity index (χ3n) is 6.57. The van der Waals surface area contributed by atoms with Crippen LogP contribution >= 0.6 is 12.2 Å². The van der Waals surface area contributed by atoms with Gasteiger partial charge in [0.25, 0.3) is 0 Å². The van der Waals surface area contributed by atoms with Gasteiger partial charge in [0.2, 0.25) is 0 Å². The summed E-state index contributed by atoms with van der Waals surface area (Å²) in [6.45, 7) is 9.68. The summed E-state index contributed by atoms with van der Waals surface area (Å²) in [5, 5.41) is 2.74. The summed E-state index contributed by atoms with van der Waals surface area (Å²) in [6, 6.07) is 0. The largest absolute Gasteiger partial charge is 0.225 e. The van der Waals surface area contributed by atoms with Crippen molar-refractivity contribution in [3.63, 3.8) is 0 Å². The Labute approximate surface area is 116 Å². The number of rotatable bonds is 2. The van der Waals surface area contributed by atoms with E-state index in [1.807, 2.05) is 0 Å². The minimum absolute atomic E-state index is 0.0966. The number of hydrogen-bond donors (Lipinski definition) is 0. The van der Waals surface area contributed by atoms with Gasteiger partial charge in [-0.2, -0.15) is 0 Å². The third-order valence-corrected chi connectivity index (χ3v) is 6.66. The highest BCUT2D eigenvalue weighted by Gasteiger charge is 2.67. The van der Waals surface area contributed by atoms with Crippen molar-refractivity contribution in [3.05, 3.63) is 0 Å². The molecule has 2 heteroatoms. The molecule has 4 fully saturated rings. The summed E-state index contributed by atoms with van der Waals surface area (Å²) >= 11 is 4.97. The fraction of sp³-hybridized carbons (Fsp3) is 0.938. The van der Waals surface area contributed by atoms with Crippen LogP contribution in [0.4, 0.5) is 0 Å². The molecular weight excluding hydrogens is 238 g/mol. The molecule has 0 aliphatic heterocycles. The van der Waals surface area contributed by atoms with Crippen LogP contribution in [0.5, 0.6) is 0 Å². The van der Waals surface area contributed by atoms with E-state index in [1.165, 1.54) is 32.1 Å². The maximum atomic E-state index is 4.97. The minimum atomic E-state index is 0.0966. The maximum Gasteiger partial charge on any atom is 0.0770 e. The summed E-state index contributed by atoms with van der Waals surface area (Å²) in [6.07, 6.45) is 6.86. The van der Waals surface area contributed by atoms with Crippen LogP contribution in [0.15, 0.2) is 4.99 Å². The molecular formula is C16H25NS. The van der Waals surface area contributed by atoms with Gasteiger partial charge in [0.1, 0.15) is 0 Å². The van der Waals surface area contributed by atoms with Gasteiger partial charge in [-0.3, -0.25) is 0 Å². The van der Waals surface area contributed by atoms with Crippen LogP contribution in [0.3, 0.4) is 0 Å². The lowest BCUT2D eigenvalue weighted by Gasteiger charge is -2.55. The molecule has 0 N–H and O–H groups in total. The molecule has 0 heterocycles. The van der Waals surface area contributed by atoms with Gasteiger partial charge in [0.15, 0.2) is 0 Å². The van der Waals surface area contributed by atoms with Crippen molar-refractivity contribution in [2.24, 2.45) is 33.6 Å². The first-order chi connectivity index (χ1) is 8.35. The van der Waals surface area contributed by atoms with Crippen LogP contribution in [-0.4, -0.2) is 10.7 Å². The Kier molecular flexibility index (Phi) is 2.61. The van der Waals surface area contributed by atoms with E-state index in [0.29, 0.717) is 16.7 Å². The molecule has 4 saturated carbocycles. The molecule has 0 saturated heterocycles. The van der Waals surface area contributed by atoms with Gasteiger partial charge in [0, 0.05) is 0 Å². The van der Waals surface area contributed by atoms with E-state index in [2.05, 4.69) is 32.9 Å². The van der Waals surface area contributed by atoms with Crippen LogP contribution in [-0.2, 0) is 0 Å². The van der Waals surface area contributed by atoms with Gasteiger partial charge < -0.3 is 0 Å². The van der Waals surface area contributed by atoms with E-state index in [-0.39, 0.29) is 5.54 Å². The fourth-order valence-electron chi connectivity index (χ4n) is 6.05. The molecule has 0 unspecified atom stereocenters. The van der Waals surface area contributed by atoms with Crippen molar-refractivity contribution >= 4 is 17.4 Å². The number of aliphatic imine (C=N–C) groups is 1. The van der Waals surface area contributed by atoms with E-state index in [9.17, 15) is 0 Å². The molecule has 5 atom stereocenters. The Balaban J connectivity index is 2.10. The van der Waals surface area contributed by atoms with Gasteiger partial charge in [-0.25, -0.2) is 4.99 Å². The van der Waals surface area contributed by atoms with E-state index in [1.54, 1.807) is 0 Å². The minimum Gasteiger partial charge on any atom is -0.225 e. The van der Waals surface area contributed by atoms with E-state index < -0.39 is 0 Å². The fourth-order valence-corrected chi connectivity index (χ4v) is 6.22. The highest BCUT2D eigenvalue weighted by molar-refractivity contribution is 7.78. The first kappa shape index (κ1) is 12.8. The Morgan fingerprint density at radius 2 is 1.94 bits per heavy atom. The predicted molar refractivity (Wildman–Crippen MR) is 78.9 cm³/mol. The topological polar surface area (TPSA) is 12.4 Å². The lowest BCUT2D eigenvalue weighted by atomic mass is 9.50. The number of thiocarbonyl (C=S) groups is 1. The summed E-state index contributed by atoms with van der Waals surface area (Å²) in [5.74, 6) is 2.22. The average Bonchev–Trinajstić information content (AvgIpc) is 2.44. The van der Waals surface area contributed by atoms with Crippen molar-refractivity contribution in [1.82, 2.24) is 0 Å². The van der Waals surface area contributed by atoms with Gasteiger partial charge in [-0.1, -0.05) is 27.7 Å². The molecule has 0 aromatic heterocycles. The first-order valence-corrected chi connectivity index (χ1v) is 7.85. The van der Waals surface area contributed by atoms with Crippen LogP contribution in [0.25, 0.3) is 0 Å². The zero-order chi connectivity index (χ0) is 13.2. The lowest BCUT2D eigenvalue weighted by Crippen LogP contribution is -2.47. The highest BCUT2D eigenvalue weighted by atomic mass is 32.1. The third kappa shape index (κ3) is 1.45. The van der Waals surface area contributed by atoms with E-state index >= 15 is 0 Å². The number of nitrogens with zero attached hydrogens (tertiary/aromatic N) is 1. The van der Waals surface area contributed by atoms with Gasteiger partial charge in [-0.05, 0) is 72.9 Å². The molecule has 4 aliphatic rings. The molecule has 100 valence electrons. The predicted octanol–water partition coefficient (Wildman–Crippen LogP) is 4.72. The smallest absolute Gasteiger partial charge is 0.0770 e. The Morgan fingerprint density at radius 1 is 1.22 bits per heavy atom. The van der Waals surface area contributed by atoms with Gasteiger partial charge >= 0.3 is 0 Å². The highest BCUT2D eigenvalue weighted by Crippen LogP contribution is 2.72. The monoisotopic (exact) mass is 263 g/mol. The second-order valence-electron chi connectivity index (χ2n) is 8.12. The normalized spacial score (nSPS) is 53.6. The molecule has 4 aliphatic carbocycles. The van der Waals surface area contributed by atoms with Gasteiger partial charge in [0.05, 0.1) is 10.7 Å². The summed E-state index contributed by atoms with van der Waals surface area (Å²) in [4.78, 5) is 4.76. The molecule has 4 rings (SSSR count). The SMILES string of the molecule is CC(C)[C@@]1(N=C=S)C[C@@]2(C)C[C@]3(C)CC[C@H]2[C@H]1C3. The summed E-state index contributed by atoms with van der Waals surface area (Å²) in [7, 11) is 0. The molecule has 1 nitrogen and oxygen atoms in total. The lowest BCUT2D eigenvalue weighted by molar-refractivity contribution is -0.0460. The van der Waals surface area contributed by atoms with Crippen molar-refractivity contribution in [2.75, 3.05) is 0 Å². The van der Waals surface area contributed by atoms with Crippen molar-refractivity contribution in [2.45, 2.75) is 65.3 Å². The van der Waals surface area contributed by atoms with E-state index in [4.69, 9.17) is 17.2 Å². The van der Waals surface area contributed by atoms with Crippen LogP contribution in [0.1, 0.15) is 59.8 Å². The molecule has 0 aromatic rings. The van der Waals surface area contributed by atoms with Crippen molar-refractivity contribution in [3.8, 4) is 0 Å². The molecule has 0 aromatic carbocycles. The molecule has 4 bridgehead atoms. The summed E-state index contributed by atoms with van der Waals surface area (Å²) in [5.41, 5.74) is 1.18. The number of hydrogen-bond acceptors (Lipinski definition) is 2. The maximum absolute atomic E-state index is 4.97. The van der Waals surface area contributed by atoms with Crippen molar-refractivity contribution < 1.29 is 0 Å². The van der Waals surface area contributed by atoms with E-state index in [0.717, 1.165) is 11.8 Å². The van der Waals surface area contributed by atoms with Crippen molar-refractivity contribution in [1.29, 1.82) is 0 Å². The van der Waals surface area contributed by atoms with Gasteiger partial charge in [-0.15, -0.1) is 0 Å². The standard InChI is InChI=1S/C16H25NS/c1-11(2)16(17-10-18)9-15(4)8-14(3)6-5-12(15)13(16)7-14/h11-13H,5-9H2,1-4H3/t12-,13+,14+,15+,16-/m0/s1. The molecule has 0 radical (unpaired) electrons. The van der Waals surface area contributed by atoms with Crippen LogP contribution in [0.2, 0.25) is 0 Å². The second-order valence-corrected chi connectivity index (χ2v) is 8.31.